The third-order valence-electron chi connectivity index (χ3n) is 4.08. The van der Waals surface area contributed by atoms with E-state index in [1.54, 1.807) is 0 Å². The summed E-state index contributed by atoms with van der Waals surface area (Å²) in [4.78, 5) is 2.73. The van der Waals surface area contributed by atoms with Crippen LogP contribution in [0.15, 0.2) is 11.1 Å². The minimum atomic E-state index is 0.942. The molecule has 1 aliphatic carbocycles. The van der Waals surface area contributed by atoms with E-state index in [1.165, 1.54) is 58.0 Å². The highest BCUT2D eigenvalue weighted by Gasteiger charge is 2.31. The zero-order chi connectivity index (χ0) is 8.67. The largest absolute Gasteiger partial charge is 0.296 e. The van der Waals surface area contributed by atoms with Crippen LogP contribution in [0.25, 0.3) is 0 Å². The van der Waals surface area contributed by atoms with Crippen LogP contribution in [0.4, 0.5) is 0 Å². The van der Waals surface area contributed by atoms with Crippen molar-refractivity contribution in [3.8, 4) is 0 Å². The van der Waals surface area contributed by atoms with E-state index in [2.05, 4.69) is 4.90 Å². The minimum absolute atomic E-state index is 0.942. The molecule has 1 saturated heterocycles. The van der Waals surface area contributed by atoms with Crippen LogP contribution in [0.5, 0.6) is 0 Å². The van der Waals surface area contributed by atoms with Crippen LogP contribution in [0.1, 0.15) is 44.9 Å². The number of hydrogen-bond donors (Lipinski definition) is 0. The van der Waals surface area contributed by atoms with Gasteiger partial charge in [0.05, 0.1) is 0 Å². The van der Waals surface area contributed by atoms with Gasteiger partial charge in [-0.1, -0.05) is 11.1 Å². The summed E-state index contributed by atoms with van der Waals surface area (Å²) >= 11 is 0. The Morgan fingerprint density at radius 1 is 1.00 bits per heavy atom. The summed E-state index contributed by atoms with van der Waals surface area (Å²) < 4.78 is 0. The van der Waals surface area contributed by atoms with Crippen molar-refractivity contribution in [2.24, 2.45) is 0 Å². The van der Waals surface area contributed by atoms with Crippen LogP contribution in [0.2, 0.25) is 0 Å². The van der Waals surface area contributed by atoms with Crippen LogP contribution in [0.3, 0.4) is 0 Å². The first-order chi connectivity index (χ1) is 6.43. The van der Waals surface area contributed by atoms with Gasteiger partial charge in [0.15, 0.2) is 0 Å². The van der Waals surface area contributed by atoms with Crippen LogP contribution >= 0.6 is 0 Å². The highest BCUT2D eigenvalue weighted by molar-refractivity contribution is 5.23. The van der Waals surface area contributed by atoms with Gasteiger partial charge in [-0.3, -0.25) is 4.90 Å². The van der Waals surface area contributed by atoms with Gasteiger partial charge in [-0.15, -0.1) is 0 Å². The first-order valence-electron chi connectivity index (χ1n) is 5.87. The van der Waals surface area contributed by atoms with E-state index >= 15 is 0 Å². The predicted molar refractivity (Wildman–Crippen MR) is 54.7 cm³/mol. The molecule has 2 heterocycles. The van der Waals surface area contributed by atoms with Crippen molar-refractivity contribution in [2.45, 2.75) is 51.0 Å². The summed E-state index contributed by atoms with van der Waals surface area (Å²) in [7, 11) is 0. The van der Waals surface area contributed by atoms with Gasteiger partial charge in [0.1, 0.15) is 0 Å². The van der Waals surface area contributed by atoms with Crippen LogP contribution in [0, 0.1) is 0 Å². The molecule has 13 heavy (non-hydrogen) atoms. The Labute approximate surface area is 80.8 Å². The zero-order valence-electron chi connectivity index (χ0n) is 8.39. The van der Waals surface area contributed by atoms with E-state index in [1.807, 2.05) is 11.1 Å². The molecular formula is C12H19N. The van der Waals surface area contributed by atoms with Gasteiger partial charge < -0.3 is 0 Å². The molecule has 1 unspecified atom stereocenters. The lowest BCUT2D eigenvalue weighted by molar-refractivity contribution is 0.246. The van der Waals surface area contributed by atoms with Gasteiger partial charge in [-0.2, -0.15) is 0 Å². The molecule has 0 saturated carbocycles. The fourth-order valence-corrected chi connectivity index (χ4v) is 3.33. The average molecular weight is 177 g/mol. The molecule has 72 valence electrons. The number of nitrogens with zero attached hydrogens (tertiary/aromatic N) is 1. The summed E-state index contributed by atoms with van der Waals surface area (Å²) in [6.45, 7) is 2.71. The normalized spacial score (nSPS) is 34.6. The van der Waals surface area contributed by atoms with E-state index in [-0.39, 0.29) is 0 Å². The van der Waals surface area contributed by atoms with Crippen molar-refractivity contribution in [1.29, 1.82) is 0 Å². The first-order valence-corrected chi connectivity index (χ1v) is 5.87. The van der Waals surface area contributed by atoms with E-state index in [0.29, 0.717) is 0 Å². The predicted octanol–water partition coefficient (Wildman–Crippen LogP) is 2.73. The maximum absolute atomic E-state index is 2.73. The molecule has 1 fully saturated rings. The van der Waals surface area contributed by atoms with Crippen molar-refractivity contribution in [3.63, 3.8) is 0 Å². The number of hydrogen-bond acceptors (Lipinski definition) is 1. The lowest BCUT2D eigenvalue weighted by Gasteiger charge is -2.35. The monoisotopic (exact) mass is 177 g/mol. The Morgan fingerprint density at radius 2 is 1.85 bits per heavy atom. The Morgan fingerprint density at radius 3 is 2.77 bits per heavy atom. The summed E-state index contributed by atoms with van der Waals surface area (Å²) in [5.74, 6) is 0. The maximum Gasteiger partial charge on any atom is 0.0198 e. The van der Waals surface area contributed by atoms with Crippen LogP contribution in [-0.2, 0) is 0 Å². The minimum Gasteiger partial charge on any atom is -0.296 e. The molecule has 1 atom stereocenters. The molecule has 3 aliphatic rings. The van der Waals surface area contributed by atoms with Crippen molar-refractivity contribution in [2.75, 3.05) is 13.1 Å². The molecule has 0 aromatic rings. The Hall–Kier alpha value is -0.300. The summed E-state index contributed by atoms with van der Waals surface area (Å²) in [5, 5.41) is 0. The van der Waals surface area contributed by atoms with E-state index in [9.17, 15) is 0 Å². The maximum atomic E-state index is 2.73. The topological polar surface area (TPSA) is 3.24 Å². The number of fused-ring (bicyclic) bond motifs is 1. The highest BCUT2D eigenvalue weighted by Crippen LogP contribution is 2.37. The van der Waals surface area contributed by atoms with Crippen molar-refractivity contribution < 1.29 is 0 Å². The lowest BCUT2D eigenvalue weighted by atomic mass is 9.84. The average Bonchev–Trinajstić information content (AvgIpc) is 2.61. The second-order valence-electron chi connectivity index (χ2n) is 4.88. The molecule has 1 heteroatoms. The van der Waals surface area contributed by atoms with Gasteiger partial charge in [0.2, 0.25) is 0 Å². The van der Waals surface area contributed by atoms with Crippen molar-refractivity contribution in [3.05, 3.63) is 11.1 Å². The van der Waals surface area contributed by atoms with E-state index in [0.717, 1.165) is 6.04 Å². The molecular weight excluding hydrogens is 158 g/mol. The zero-order valence-corrected chi connectivity index (χ0v) is 8.39. The quantitative estimate of drug-likeness (QED) is 0.514. The third kappa shape index (κ3) is 1.34. The van der Waals surface area contributed by atoms with Gasteiger partial charge >= 0.3 is 0 Å². The third-order valence-corrected chi connectivity index (χ3v) is 4.08. The molecule has 0 spiro atoms. The Balaban J connectivity index is 1.83. The molecule has 0 aromatic carbocycles. The van der Waals surface area contributed by atoms with Gasteiger partial charge in [-0.25, -0.2) is 0 Å². The van der Waals surface area contributed by atoms with E-state index in [4.69, 9.17) is 0 Å². The van der Waals surface area contributed by atoms with Gasteiger partial charge in [0, 0.05) is 12.6 Å². The second kappa shape index (κ2) is 3.13. The van der Waals surface area contributed by atoms with Gasteiger partial charge in [-0.05, 0) is 51.5 Å². The fraction of sp³-hybridized carbons (Fsp3) is 0.833. The Bertz CT molecular complexity index is 218. The van der Waals surface area contributed by atoms with Crippen molar-refractivity contribution in [1.82, 2.24) is 4.90 Å². The standard InChI is InChI=1S/C12H19N/c1-2-5-11-9-13-7-3-6-12(13)8-10(11)4-1/h12H,1-9H2. The molecule has 2 aliphatic heterocycles. The first kappa shape index (κ1) is 8.05. The molecule has 0 N–H and O–H groups in total. The molecule has 0 bridgehead atoms. The highest BCUT2D eigenvalue weighted by atomic mass is 15.2. The lowest BCUT2D eigenvalue weighted by Crippen LogP contribution is -2.36. The molecule has 0 radical (unpaired) electrons. The van der Waals surface area contributed by atoms with Crippen LogP contribution in [-0.4, -0.2) is 24.0 Å². The SMILES string of the molecule is C1CCC2=C(C1)CC1CCCN1C2. The van der Waals surface area contributed by atoms with Crippen LogP contribution < -0.4 is 0 Å². The van der Waals surface area contributed by atoms with Crippen molar-refractivity contribution >= 4 is 0 Å². The second-order valence-corrected chi connectivity index (χ2v) is 4.88. The van der Waals surface area contributed by atoms with Gasteiger partial charge in [0.25, 0.3) is 0 Å². The molecule has 0 aromatic heterocycles. The number of rotatable bonds is 0. The fourth-order valence-electron chi connectivity index (χ4n) is 3.33. The van der Waals surface area contributed by atoms with E-state index < -0.39 is 0 Å². The molecule has 1 nitrogen and oxygen atoms in total. The smallest absolute Gasteiger partial charge is 0.0198 e. The Kier molecular flexibility index (Phi) is 1.93. The molecule has 0 amide bonds. The summed E-state index contributed by atoms with van der Waals surface area (Å²) in [6, 6.07) is 0.942. The summed E-state index contributed by atoms with van der Waals surface area (Å²) in [6.07, 6.45) is 10.1. The molecule has 3 rings (SSSR count). The summed E-state index contributed by atoms with van der Waals surface area (Å²) in [5.41, 5.74) is 3.68.